The zero-order valence-electron chi connectivity index (χ0n) is 15.9. The lowest BCUT2D eigenvalue weighted by atomic mass is 10.3. The van der Waals surface area contributed by atoms with Crippen molar-refractivity contribution in [1.29, 1.82) is 0 Å². The lowest BCUT2D eigenvalue weighted by Gasteiger charge is -2.37. The summed E-state index contributed by atoms with van der Waals surface area (Å²) in [6.45, 7) is 9.59. The highest BCUT2D eigenvalue weighted by molar-refractivity contribution is 14.0. The fourth-order valence-electron chi connectivity index (χ4n) is 2.71. The Bertz CT molecular complexity index is 496. The number of aromatic nitrogens is 1. The predicted molar refractivity (Wildman–Crippen MR) is 117 cm³/mol. The normalized spacial score (nSPS) is 14.9. The zero-order chi connectivity index (χ0) is 17.7. The molecule has 1 N–H and O–H groups in total. The van der Waals surface area contributed by atoms with E-state index in [9.17, 15) is 0 Å². The molecule has 0 radical (unpaired) electrons. The number of piperazine rings is 1. The van der Waals surface area contributed by atoms with Crippen molar-refractivity contribution in [2.75, 3.05) is 71.1 Å². The molecule has 0 aromatic carbocycles. The molecule has 0 bridgehead atoms. The molecular formula is C18H32IN5O2. The van der Waals surface area contributed by atoms with Crippen LogP contribution in [0.2, 0.25) is 0 Å². The molecule has 1 aliphatic heterocycles. The van der Waals surface area contributed by atoms with E-state index in [-0.39, 0.29) is 24.0 Å². The second-order valence-corrected chi connectivity index (χ2v) is 5.86. The van der Waals surface area contributed by atoms with Gasteiger partial charge >= 0.3 is 0 Å². The van der Waals surface area contributed by atoms with Gasteiger partial charge in [0, 0.05) is 59.2 Å². The lowest BCUT2D eigenvalue weighted by Crippen LogP contribution is -2.52. The molecule has 0 amide bonds. The van der Waals surface area contributed by atoms with Gasteiger partial charge < -0.3 is 24.6 Å². The second kappa shape index (κ2) is 14.0. The highest BCUT2D eigenvalue weighted by atomic mass is 127. The van der Waals surface area contributed by atoms with Gasteiger partial charge in [0.25, 0.3) is 0 Å². The molecule has 1 aliphatic rings. The van der Waals surface area contributed by atoms with Gasteiger partial charge in [0.1, 0.15) is 5.82 Å². The van der Waals surface area contributed by atoms with Crippen molar-refractivity contribution >= 4 is 35.8 Å². The van der Waals surface area contributed by atoms with Crippen molar-refractivity contribution in [2.24, 2.45) is 4.99 Å². The van der Waals surface area contributed by atoms with Gasteiger partial charge in [-0.2, -0.15) is 0 Å². The summed E-state index contributed by atoms with van der Waals surface area (Å²) in [5.41, 5.74) is 0. The van der Waals surface area contributed by atoms with Crippen LogP contribution in [0.15, 0.2) is 29.4 Å². The van der Waals surface area contributed by atoms with Crippen molar-refractivity contribution in [2.45, 2.75) is 13.3 Å². The Kier molecular flexibility index (Phi) is 12.3. The maximum atomic E-state index is 5.48. The van der Waals surface area contributed by atoms with Crippen molar-refractivity contribution in [1.82, 2.24) is 15.2 Å². The van der Waals surface area contributed by atoms with Crippen LogP contribution in [0, 0.1) is 0 Å². The molecule has 1 fully saturated rings. The minimum atomic E-state index is 0. The van der Waals surface area contributed by atoms with E-state index in [0.717, 1.165) is 64.1 Å². The number of pyridine rings is 1. The monoisotopic (exact) mass is 477 g/mol. The summed E-state index contributed by atoms with van der Waals surface area (Å²) in [7, 11) is 1.68. The standard InChI is InChI=1S/C18H31N5O2.HI/c1-3-19-18(21-9-6-14-25-16-15-24-2)23-12-10-22(11-13-23)17-7-4-5-8-20-17;/h4-5,7-8H,3,6,9-16H2,1-2H3,(H,19,21);1H. The third kappa shape index (κ3) is 8.05. The number of methoxy groups -OCH3 is 1. The maximum absolute atomic E-state index is 5.48. The number of halogens is 1. The van der Waals surface area contributed by atoms with Crippen LogP contribution in [-0.2, 0) is 9.47 Å². The Morgan fingerprint density at radius 1 is 1.19 bits per heavy atom. The fourth-order valence-corrected chi connectivity index (χ4v) is 2.71. The molecule has 0 aliphatic carbocycles. The van der Waals surface area contributed by atoms with Gasteiger partial charge in [-0.15, -0.1) is 24.0 Å². The zero-order valence-corrected chi connectivity index (χ0v) is 18.2. The average molecular weight is 477 g/mol. The van der Waals surface area contributed by atoms with Crippen LogP contribution < -0.4 is 10.2 Å². The van der Waals surface area contributed by atoms with Gasteiger partial charge in [-0.25, -0.2) is 4.98 Å². The minimum absolute atomic E-state index is 0. The maximum Gasteiger partial charge on any atom is 0.194 e. The number of nitrogens with one attached hydrogen (secondary N) is 1. The quantitative estimate of drug-likeness (QED) is 0.254. The van der Waals surface area contributed by atoms with Crippen molar-refractivity contribution in [3.63, 3.8) is 0 Å². The Balaban J connectivity index is 0.00000338. The topological polar surface area (TPSA) is 62.2 Å². The van der Waals surface area contributed by atoms with Gasteiger partial charge in [-0.3, -0.25) is 4.99 Å². The minimum Gasteiger partial charge on any atom is -0.382 e. The summed E-state index contributed by atoms with van der Waals surface area (Å²) < 4.78 is 10.4. The molecule has 0 spiro atoms. The molecule has 0 saturated carbocycles. The molecule has 8 heteroatoms. The molecule has 1 saturated heterocycles. The average Bonchev–Trinajstić information content (AvgIpc) is 2.67. The first-order valence-electron chi connectivity index (χ1n) is 9.11. The van der Waals surface area contributed by atoms with Crippen molar-refractivity contribution in [3.8, 4) is 0 Å². The summed E-state index contributed by atoms with van der Waals surface area (Å²) in [4.78, 5) is 13.8. The number of hydrogen-bond donors (Lipinski definition) is 1. The van der Waals surface area contributed by atoms with Gasteiger partial charge in [0.15, 0.2) is 5.96 Å². The third-order valence-corrected chi connectivity index (χ3v) is 4.03. The highest BCUT2D eigenvalue weighted by Gasteiger charge is 2.20. The van der Waals surface area contributed by atoms with E-state index in [1.54, 1.807) is 7.11 Å². The van der Waals surface area contributed by atoms with Crippen LogP contribution in [0.4, 0.5) is 5.82 Å². The second-order valence-electron chi connectivity index (χ2n) is 5.86. The van der Waals surface area contributed by atoms with Gasteiger partial charge in [0.2, 0.25) is 0 Å². The molecule has 2 rings (SSSR count). The molecule has 1 aromatic heterocycles. The molecule has 1 aromatic rings. The van der Waals surface area contributed by atoms with E-state index in [1.807, 2.05) is 18.3 Å². The van der Waals surface area contributed by atoms with E-state index in [1.165, 1.54) is 0 Å². The Morgan fingerprint density at radius 2 is 2.00 bits per heavy atom. The van der Waals surface area contributed by atoms with E-state index >= 15 is 0 Å². The highest BCUT2D eigenvalue weighted by Crippen LogP contribution is 2.12. The molecule has 0 atom stereocenters. The molecule has 26 heavy (non-hydrogen) atoms. The molecule has 0 unspecified atom stereocenters. The molecule has 2 heterocycles. The molecule has 7 nitrogen and oxygen atoms in total. The van der Waals surface area contributed by atoms with E-state index in [2.05, 4.69) is 33.1 Å². The number of nitrogens with zero attached hydrogens (tertiary/aromatic N) is 4. The van der Waals surface area contributed by atoms with E-state index in [0.29, 0.717) is 13.2 Å². The van der Waals surface area contributed by atoms with Gasteiger partial charge in [-0.1, -0.05) is 6.07 Å². The summed E-state index contributed by atoms with van der Waals surface area (Å²) in [6.07, 6.45) is 2.77. The third-order valence-electron chi connectivity index (χ3n) is 4.03. The van der Waals surface area contributed by atoms with Crippen LogP contribution >= 0.6 is 24.0 Å². The largest absolute Gasteiger partial charge is 0.382 e. The predicted octanol–water partition coefficient (Wildman–Crippen LogP) is 1.84. The van der Waals surface area contributed by atoms with E-state index in [4.69, 9.17) is 14.5 Å². The van der Waals surface area contributed by atoms with Crippen molar-refractivity contribution < 1.29 is 9.47 Å². The molecule has 148 valence electrons. The fraction of sp³-hybridized carbons (Fsp3) is 0.667. The van der Waals surface area contributed by atoms with Crippen LogP contribution in [0.5, 0.6) is 0 Å². The van der Waals surface area contributed by atoms with Crippen molar-refractivity contribution in [3.05, 3.63) is 24.4 Å². The van der Waals surface area contributed by atoms with E-state index < -0.39 is 0 Å². The Morgan fingerprint density at radius 3 is 2.65 bits per heavy atom. The number of ether oxygens (including phenoxy) is 2. The summed E-state index contributed by atoms with van der Waals surface area (Å²) in [6, 6.07) is 6.06. The number of rotatable bonds is 9. The number of hydrogen-bond acceptors (Lipinski definition) is 5. The van der Waals surface area contributed by atoms with Gasteiger partial charge in [0.05, 0.1) is 13.2 Å². The molecular weight excluding hydrogens is 445 g/mol. The summed E-state index contributed by atoms with van der Waals surface area (Å²) >= 11 is 0. The number of anilines is 1. The first-order valence-corrected chi connectivity index (χ1v) is 9.11. The van der Waals surface area contributed by atoms with Crippen LogP contribution in [-0.4, -0.2) is 82.0 Å². The first-order chi connectivity index (χ1) is 12.3. The van der Waals surface area contributed by atoms with Crippen LogP contribution in [0.1, 0.15) is 13.3 Å². The Hall–Kier alpha value is -1.13. The summed E-state index contributed by atoms with van der Waals surface area (Å²) in [5.74, 6) is 2.05. The lowest BCUT2D eigenvalue weighted by molar-refractivity contribution is 0.0702. The SMILES string of the molecule is CCNC(=NCCCOCCOC)N1CCN(c2ccccn2)CC1.I. The van der Waals surface area contributed by atoms with Crippen LogP contribution in [0.25, 0.3) is 0 Å². The number of guanidine groups is 1. The first kappa shape index (κ1) is 22.9. The number of aliphatic imine (C=N–C) groups is 1. The smallest absolute Gasteiger partial charge is 0.194 e. The Labute approximate surface area is 174 Å². The van der Waals surface area contributed by atoms with Crippen LogP contribution in [0.3, 0.4) is 0 Å². The summed E-state index contributed by atoms with van der Waals surface area (Å²) in [5, 5.41) is 3.40. The van der Waals surface area contributed by atoms with Gasteiger partial charge in [-0.05, 0) is 25.5 Å².